The van der Waals surface area contributed by atoms with Crippen LogP contribution in [0.15, 0.2) is 48.2 Å². The number of benzene rings is 2. The van der Waals surface area contributed by atoms with Gasteiger partial charge in [-0.15, -0.1) is 0 Å². The molecule has 3 amide bonds. The van der Waals surface area contributed by atoms with Crippen LogP contribution in [0, 0.1) is 0 Å². The van der Waals surface area contributed by atoms with Crippen molar-refractivity contribution in [3.05, 3.63) is 53.7 Å². The average molecular weight is 425 g/mol. The number of amides is 3. The summed E-state index contributed by atoms with van der Waals surface area (Å²) in [6.07, 6.45) is 1.46. The summed E-state index contributed by atoms with van der Waals surface area (Å²) in [6.45, 7) is 3.96. The SMILES string of the molecule is COc1cc(/C=C(\NC(C)=O)C(=O)Nc2ccc(NC(C)=O)cc2)ccc1OC(C)=O. The van der Waals surface area contributed by atoms with Crippen LogP contribution in [-0.4, -0.2) is 30.8 Å². The zero-order chi connectivity index (χ0) is 23.0. The molecule has 0 heterocycles. The highest BCUT2D eigenvalue weighted by molar-refractivity contribution is 6.08. The molecule has 0 aromatic heterocycles. The van der Waals surface area contributed by atoms with Crippen molar-refractivity contribution < 1.29 is 28.7 Å². The second-order valence-corrected chi connectivity index (χ2v) is 6.46. The molecule has 2 aromatic rings. The van der Waals surface area contributed by atoms with Gasteiger partial charge in [0.15, 0.2) is 11.5 Å². The highest BCUT2D eigenvalue weighted by atomic mass is 16.6. The van der Waals surface area contributed by atoms with E-state index >= 15 is 0 Å². The first-order valence-corrected chi connectivity index (χ1v) is 9.22. The number of hydrogen-bond acceptors (Lipinski definition) is 6. The summed E-state index contributed by atoms with van der Waals surface area (Å²) in [5.74, 6) is -1.15. The Bertz CT molecular complexity index is 1030. The number of nitrogens with one attached hydrogen (secondary N) is 3. The Kier molecular flexibility index (Phi) is 7.90. The molecular weight excluding hydrogens is 402 g/mol. The van der Waals surface area contributed by atoms with Gasteiger partial charge in [-0.25, -0.2) is 0 Å². The summed E-state index contributed by atoms with van der Waals surface area (Å²) in [5, 5.41) is 7.81. The lowest BCUT2D eigenvalue weighted by Gasteiger charge is -2.12. The van der Waals surface area contributed by atoms with E-state index < -0.39 is 17.8 Å². The van der Waals surface area contributed by atoms with Gasteiger partial charge >= 0.3 is 5.97 Å². The summed E-state index contributed by atoms with van der Waals surface area (Å²) < 4.78 is 10.3. The zero-order valence-corrected chi connectivity index (χ0v) is 17.6. The van der Waals surface area contributed by atoms with Crippen LogP contribution in [0.3, 0.4) is 0 Å². The smallest absolute Gasteiger partial charge is 0.308 e. The first kappa shape index (κ1) is 23.1. The van der Waals surface area contributed by atoms with Gasteiger partial charge in [0.25, 0.3) is 5.91 Å². The second-order valence-electron chi connectivity index (χ2n) is 6.46. The van der Waals surface area contributed by atoms with Gasteiger partial charge in [0, 0.05) is 32.1 Å². The molecule has 2 aromatic carbocycles. The van der Waals surface area contributed by atoms with Gasteiger partial charge in [0.05, 0.1) is 7.11 Å². The van der Waals surface area contributed by atoms with Gasteiger partial charge < -0.3 is 25.4 Å². The quantitative estimate of drug-likeness (QED) is 0.356. The Hall–Kier alpha value is -4.14. The molecule has 0 spiro atoms. The maximum atomic E-state index is 12.7. The molecule has 162 valence electrons. The van der Waals surface area contributed by atoms with Crippen molar-refractivity contribution in [2.45, 2.75) is 20.8 Å². The van der Waals surface area contributed by atoms with E-state index in [-0.39, 0.29) is 17.4 Å². The van der Waals surface area contributed by atoms with Gasteiger partial charge in [0.1, 0.15) is 5.70 Å². The third-order valence-electron chi connectivity index (χ3n) is 3.77. The number of ether oxygens (including phenoxy) is 2. The summed E-state index contributed by atoms with van der Waals surface area (Å²) in [5.41, 5.74) is 1.59. The van der Waals surface area contributed by atoms with Gasteiger partial charge in [-0.1, -0.05) is 6.07 Å². The minimum atomic E-state index is -0.550. The Morgan fingerprint density at radius 3 is 1.94 bits per heavy atom. The van der Waals surface area contributed by atoms with Gasteiger partial charge in [-0.3, -0.25) is 19.2 Å². The number of carbonyl (C=O) groups excluding carboxylic acids is 4. The lowest BCUT2D eigenvalue weighted by molar-refractivity contribution is -0.132. The van der Waals surface area contributed by atoms with E-state index in [4.69, 9.17) is 9.47 Å². The van der Waals surface area contributed by atoms with Crippen molar-refractivity contribution >= 4 is 41.1 Å². The van der Waals surface area contributed by atoms with E-state index in [0.29, 0.717) is 22.7 Å². The van der Waals surface area contributed by atoms with E-state index in [1.807, 2.05) is 0 Å². The highest BCUT2D eigenvalue weighted by Crippen LogP contribution is 2.29. The lowest BCUT2D eigenvalue weighted by atomic mass is 10.1. The molecule has 3 N–H and O–H groups in total. The monoisotopic (exact) mass is 425 g/mol. The van der Waals surface area contributed by atoms with E-state index in [1.54, 1.807) is 36.4 Å². The third-order valence-corrected chi connectivity index (χ3v) is 3.77. The molecule has 0 bridgehead atoms. The molecule has 0 saturated heterocycles. The summed E-state index contributed by atoms with van der Waals surface area (Å²) in [4.78, 5) is 46.6. The maximum absolute atomic E-state index is 12.7. The summed E-state index contributed by atoms with van der Waals surface area (Å²) >= 11 is 0. The van der Waals surface area contributed by atoms with E-state index in [1.165, 1.54) is 40.0 Å². The fourth-order valence-corrected chi connectivity index (χ4v) is 2.57. The molecule has 0 aliphatic carbocycles. The van der Waals surface area contributed by atoms with Crippen LogP contribution in [0.25, 0.3) is 6.08 Å². The van der Waals surface area contributed by atoms with Crippen LogP contribution in [-0.2, 0) is 19.2 Å². The van der Waals surface area contributed by atoms with Crippen LogP contribution in [0.1, 0.15) is 26.3 Å². The number of methoxy groups -OCH3 is 1. The number of anilines is 2. The molecule has 31 heavy (non-hydrogen) atoms. The molecule has 0 aliphatic rings. The summed E-state index contributed by atoms with van der Waals surface area (Å²) in [6, 6.07) is 11.2. The van der Waals surface area contributed by atoms with Crippen molar-refractivity contribution in [3.63, 3.8) is 0 Å². The second kappa shape index (κ2) is 10.6. The van der Waals surface area contributed by atoms with Crippen LogP contribution < -0.4 is 25.4 Å². The minimum Gasteiger partial charge on any atom is -0.493 e. The molecule has 0 unspecified atom stereocenters. The fourth-order valence-electron chi connectivity index (χ4n) is 2.57. The zero-order valence-electron chi connectivity index (χ0n) is 17.6. The Labute approximate surface area is 179 Å². The van der Waals surface area contributed by atoms with Crippen molar-refractivity contribution in [2.75, 3.05) is 17.7 Å². The number of esters is 1. The first-order valence-electron chi connectivity index (χ1n) is 9.22. The third kappa shape index (κ3) is 7.32. The molecule has 2 rings (SSSR count). The topological polar surface area (TPSA) is 123 Å². The van der Waals surface area contributed by atoms with E-state index in [2.05, 4.69) is 16.0 Å². The Balaban J connectivity index is 2.26. The van der Waals surface area contributed by atoms with Crippen molar-refractivity contribution in [2.24, 2.45) is 0 Å². The Morgan fingerprint density at radius 2 is 1.42 bits per heavy atom. The predicted molar refractivity (Wildman–Crippen MR) is 115 cm³/mol. The lowest BCUT2D eigenvalue weighted by Crippen LogP contribution is -2.28. The predicted octanol–water partition coefficient (Wildman–Crippen LogP) is 2.69. The average Bonchev–Trinajstić information content (AvgIpc) is 2.69. The van der Waals surface area contributed by atoms with Crippen LogP contribution >= 0.6 is 0 Å². The number of rotatable bonds is 7. The van der Waals surface area contributed by atoms with E-state index in [9.17, 15) is 19.2 Å². The molecule has 9 heteroatoms. The van der Waals surface area contributed by atoms with Crippen LogP contribution in [0.2, 0.25) is 0 Å². The van der Waals surface area contributed by atoms with Crippen LogP contribution in [0.5, 0.6) is 11.5 Å². The first-order chi connectivity index (χ1) is 14.7. The van der Waals surface area contributed by atoms with Gasteiger partial charge in [-0.05, 0) is 48.0 Å². The molecule has 0 fully saturated rings. The van der Waals surface area contributed by atoms with Crippen molar-refractivity contribution in [1.82, 2.24) is 5.32 Å². The van der Waals surface area contributed by atoms with Crippen LogP contribution in [0.4, 0.5) is 11.4 Å². The molecule has 0 radical (unpaired) electrons. The van der Waals surface area contributed by atoms with Crippen molar-refractivity contribution in [1.29, 1.82) is 0 Å². The summed E-state index contributed by atoms with van der Waals surface area (Å²) in [7, 11) is 1.42. The maximum Gasteiger partial charge on any atom is 0.308 e. The highest BCUT2D eigenvalue weighted by Gasteiger charge is 2.14. The molecule has 9 nitrogen and oxygen atoms in total. The standard InChI is InChI=1S/C22H23N3O6/c1-13(26)23-17-6-8-18(9-7-17)25-22(29)19(24-14(2)27)11-16-5-10-20(31-15(3)28)21(12-16)30-4/h5-12H,1-4H3,(H,23,26)(H,24,27)(H,25,29)/b19-11-. The molecule has 0 aliphatic heterocycles. The van der Waals surface area contributed by atoms with E-state index in [0.717, 1.165) is 0 Å². The molecular formula is C22H23N3O6. The Morgan fingerprint density at radius 1 is 0.806 bits per heavy atom. The molecule has 0 saturated carbocycles. The van der Waals surface area contributed by atoms with Gasteiger partial charge in [0.2, 0.25) is 11.8 Å². The number of carbonyl (C=O) groups is 4. The fraction of sp³-hybridized carbons (Fsp3) is 0.182. The van der Waals surface area contributed by atoms with Crippen molar-refractivity contribution in [3.8, 4) is 11.5 Å². The normalized spacial score (nSPS) is 10.6. The number of hydrogen-bond donors (Lipinski definition) is 3. The molecule has 0 atom stereocenters. The minimum absolute atomic E-state index is 0.000673. The van der Waals surface area contributed by atoms with Gasteiger partial charge in [-0.2, -0.15) is 0 Å². The largest absolute Gasteiger partial charge is 0.493 e.